The van der Waals surface area contributed by atoms with Gasteiger partial charge in [0, 0.05) is 12.2 Å². The molecule has 28 heavy (non-hydrogen) atoms. The topological polar surface area (TPSA) is 56.0 Å². The molecule has 0 unspecified atom stereocenters. The summed E-state index contributed by atoms with van der Waals surface area (Å²) >= 11 is 0. The molecular formula is C21H22FN5O. The van der Waals surface area contributed by atoms with E-state index in [2.05, 4.69) is 10.2 Å². The van der Waals surface area contributed by atoms with Crippen molar-refractivity contribution in [3.8, 4) is 5.69 Å². The van der Waals surface area contributed by atoms with Crippen molar-refractivity contribution in [1.29, 1.82) is 0 Å². The van der Waals surface area contributed by atoms with Gasteiger partial charge in [0.25, 0.3) is 0 Å². The van der Waals surface area contributed by atoms with Gasteiger partial charge in [0.1, 0.15) is 12.4 Å². The summed E-state index contributed by atoms with van der Waals surface area (Å²) < 4.78 is 16.9. The predicted molar refractivity (Wildman–Crippen MR) is 103 cm³/mol. The van der Waals surface area contributed by atoms with E-state index in [0.29, 0.717) is 6.54 Å². The molecule has 0 saturated heterocycles. The van der Waals surface area contributed by atoms with Gasteiger partial charge in [-0.25, -0.2) is 9.07 Å². The summed E-state index contributed by atoms with van der Waals surface area (Å²) in [6, 6.07) is 6.27. The van der Waals surface area contributed by atoms with Crippen molar-refractivity contribution in [1.82, 2.24) is 19.6 Å². The number of aryl methyl sites for hydroxylation is 1. The van der Waals surface area contributed by atoms with Gasteiger partial charge < -0.3 is 4.90 Å². The zero-order valence-electron chi connectivity index (χ0n) is 15.6. The van der Waals surface area contributed by atoms with Crippen LogP contribution in [-0.4, -0.2) is 32.0 Å². The smallest absolute Gasteiger partial charge is 0.248 e. The maximum absolute atomic E-state index is 13.2. The second kappa shape index (κ2) is 6.89. The molecular weight excluding hydrogens is 357 g/mol. The molecule has 1 amide bonds. The van der Waals surface area contributed by atoms with Crippen LogP contribution in [0.4, 0.5) is 10.1 Å². The number of hydrogen-bond acceptors (Lipinski definition) is 3. The molecule has 1 aliphatic carbocycles. The van der Waals surface area contributed by atoms with Crippen LogP contribution in [0, 0.1) is 5.82 Å². The van der Waals surface area contributed by atoms with Crippen LogP contribution in [0.3, 0.4) is 0 Å². The fourth-order valence-corrected chi connectivity index (χ4v) is 4.32. The molecule has 3 aromatic rings. The maximum Gasteiger partial charge on any atom is 0.248 e. The Morgan fingerprint density at radius 3 is 2.61 bits per heavy atom. The third kappa shape index (κ3) is 2.91. The Labute approximate surface area is 162 Å². The molecule has 2 aromatic heterocycles. The van der Waals surface area contributed by atoms with Crippen molar-refractivity contribution in [2.75, 3.05) is 11.4 Å². The zero-order valence-corrected chi connectivity index (χ0v) is 15.6. The number of hydrogen-bond donors (Lipinski definition) is 0. The van der Waals surface area contributed by atoms with Crippen LogP contribution in [0.15, 0.2) is 36.7 Å². The number of aromatic nitrogens is 4. The third-order valence-electron chi connectivity index (χ3n) is 5.74. The summed E-state index contributed by atoms with van der Waals surface area (Å²) in [4.78, 5) is 14.9. The molecule has 3 heterocycles. The summed E-state index contributed by atoms with van der Waals surface area (Å²) in [5, 5.41) is 8.94. The lowest BCUT2D eigenvalue weighted by atomic mass is 9.98. The third-order valence-corrected chi connectivity index (χ3v) is 5.74. The van der Waals surface area contributed by atoms with Gasteiger partial charge in [0.05, 0.1) is 29.5 Å². The largest absolute Gasteiger partial charge is 0.308 e. The predicted octanol–water partition coefficient (Wildman–Crippen LogP) is 3.07. The van der Waals surface area contributed by atoms with E-state index in [1.807, 2.05) is 20.5 Å². The summed E-state index contributed by atoms with van der Waals surface area (Å²) in [7, 11) is 0. The summed E-state index contributed by atoms with van der Waals surface area (Å²) in [6.07, 6.45) is 9.79. The minimum Gasteiger partial charge on any atom is -0.308 e. The Hall–Kier alpha value is -2.96. The highest BCUT2D eigenvalue weighted by Gasteiger charge is 2.27. The summed E-state index contributed by atoms with van der Waals surface area (Å²) in [6.45, 7) is 0.945. The zero-order chi connectivity index (χ0) is 19.1. The number of amides is 1. The molecule has 2 aliphatic rings. The highest BCUT2D eigenvalue weighted by molar-refractivity contribution is 5.94. The van der Waals surface area contributed by atoms with Gasteiger partial charge in [0.2, 0.25) is 5.91 Å². The number of carbonyl (C=O) groups is 1. The monoisotopic (exact) mass is 379 g/mol. The molecule has 0 fully saturated rings. The lowest BCUT2D eigenvalue weighted by Gasteiger charge is -2.27. The molecule has 1 aromatic carbocycles. The van der Waals surface area contributed by atoms with Crippen molar-refractivity contribution in [3.63, 3.8) is 0 Å². The molecule has 7 heteroatoms. The SMILES string of the molecule is O=C(Cn1ncc2c1CCCC2)N1CCCc2c1cnn2-c1ccc(F)cc1. The van der Waals surface area contributed by atoms with Crippen LogP contribution in [-0.2, 0) is 30.6 Å². The number of nitrogens with zero attached hydrogens (tertiary/aromatic N) is 5. The summed E-state index contributed by atoms with van der Waals surface area (Å²) in [5.41, 5.74) is 5.13. The van der Waals surface area contributed by atoms with Crippen LogP contribution in [0.2, 0.25) is 0 Å². The molecule has 0 saturated carbocycles. The van der Waals surface area contributed by atoms with E-state index in [4.69, 9.17) is 0 Å². The number of halogens is 1. The van der Waals surface area contributed by atoms with E-state index in [0.717, 1.165) is 49.2 Å². The van der Waals surface area contributed by atoms with Gasteiger partial charge in [-0.15, -0.1) is 0 Å². The van der Waals surface area contributed by atoms with Crippen molar-refractivity contribution < 1.29 is 9.18 Å². The highest BCUT2D eigenvalue weighted by Crippen LogP contribution is 2.29. The van der Waals surface area contributed by atoms with Gasteiger partial charge in [-0.3, -0.25) is 9.48 Å². The molecule has 1 aliphatic heterocycles. The van der Waals surface area contributed by atoms with Crippen LogP contribution >= 0.6 is 0 Å². The number of carbonyl (C=O) groups excluding carboxylic acids is 1. The van der Waals surface area contributed by atoms with Crippen molar-refractivity contribution in [2.45, 2.75) is 45.1 Å². The molecule has 0 bridgehead atoms. The Kier molecular flexibility index (Phi) is 4.22. The van der Waals surface area contributed by atoms with Gasteiger partial charge >= 0.3 is 0 Å². The molecule has 0 radical (unpaired) electrons. The first kappa shape index (κ1) is 17.2. The van der Waals surface area contributed by atoms with Crippen molar-refractivity contribution in [2.24, 2.45) is 0 Å². The van der Waals surface area contributed by atoms with Crippen molar-refractivity contribution in [3.05, 3.63) is 59.4 Å². The first-order valence-corrected chi connectivity index (χ1v) is 9.87. The number of rotatable bonds is 3. The lowest BCUT2D eigenvalue weighted by molar-refractivity contribution is -0.119. The number of anilines is 1. The molecule has 5 rings (SSSR count). The van der Waals surface area contributed by atoms with E-state index in [1.165, 1.54) is 29.8 Å². The fourth-order valence-electron chi connectivity index (χ4n) is 4.32. The van der Waals surface area contributed by atoms with Crippen molar-refractivity contribution >= 4 is 11.6 Å². The van der Waals surface area contributed by atoms with Crippen LogP contribution < -0.4 is 4.90 Å². The summed E-state index contributed by atoms with van der Waals surface area (Å²) in [5.74, 6) is -0.236. The van der Waals surface area contributed by atoms with E-state index < -0.39 is 0 Å². The average Bonchev–Trinajstić information content (AvgIpc) is 3.33. The van der Waals surface area contributed by atoms with Gasteiger partial charge in [-0.05, 0) is 68.4 Å². The van der Waals surface area contributed by atoms with Crippen LogP contribution in [0.5, 0.6) is 0 Å². The van der Waals surface area contributed by atoms with E-state index >= 15 is 0 Å². The normalized spacial score (nSPS) is 16.0. The second-order valence-electron chi connectivity index (χ2n) is 7.49. The van der Waals surface area contributed by atoms with E-state index in [1.54, 1.807) is 18.3 Å². The van der Waals surface area contributed by atoms with Crippen LogP contribution in [0.25, 0.3) is 5.69 Å². The molecule has 0 spiro atoms. The lowest BCUT2D eigenvalue weighted by Crippen LogP contribution is -2.38. The van der Waals surface area contributed by atoms with Crippen LogP contribution in [0.1, 0.15) is 36.2 Å². The first-order valence-electron chi connectivity index (χ1n) is 9.87. The molecule has 144 valence electrons. The van der Waals surface area contributed by atoms with Gasteiger partial charge in [-0.1, -0.05) is 0 Å². The Morgan fingerprint density at radius 1 is 0.964 bits per heavy atom. The quantitative estimate of drug-likeness (QED) is 0.703. The Bertz CT molecular complexity index is 1020. The van der Waals surface area contributed by atoms with Gasteiger partial charge in [0.15, 0.2) is 0 Å². The Balaban J connectivity index is 1.41. The van der Waals surface area contributed by atoms with E-state index in [9.17, 15) is 9.18 Å². The molecule has 0 atom stereocenters. The van der Waals surface area contributed by atoms with E-state index in [-0.39, 0.29) is 18.3 Å². The molecule has 6 nitrogen and oxygen atoms in total. The molecule has 0 N–H and O–H groups in total. The standard InChI is InChI=1S/C21H22FN5O/c22-16-7-9-17(10-8-16)27-19-6-3-11-25(20(19)13-24-27)21(28)14-26-18-5-2-1-4-15(18)12-23-26/h7-10,12-13H,1-6,11,14H2. The number of benzene rings is 1. The van der Waals surface area contributed by atoms with Gasteiger partial charge in [-0.2, -0.15) is 10.2 Å². The fraction of sp³-hybridized carbons (Fsp3) is 0.381. The Morgan fingerprint density at radius 2 is 1.75 bits per heavy atom. The number of fused-ring (bicyclic) bond motifs is 2. The average molecular weight is 379 g/mol. The maximum atomic E-state index is 13.2. The minimum absolute atomic E-state index is 0.0380. The highest BCUT2D eigenvalue weighted by atomic mass is 19.1. The minimum atomic E-state index is -0.274. The first-order chi connectivity index (χ1) is 13.7. The second-order valence-corrected chi connectivity index (χ2v) is 7.49.